The highest BCUT2D eigenvalue weighted by Gasteiger charge is 2.18. The van der Waals surface area contributed by atoms with E-state index in [-0.39, 0.29) is 0 Å². The van der Waals surface area contributed by atoms with Crippen LogP contribution in [0.15, 0.2) is 315 Å². The van der Waals surface area contributed by atoms with E-state index in [0.29, 0.717) is 0 Å². The van der Waals surface area contributed by atoms with Crippen molar-refractivity contribution < 1.29 is 0 Å². The Bertz CT molecular complexity index is 4720. The molecule has 4 heteroatoms. The van der Waals surface area contributed by atoms with E-state index in [1.54, 1.807) is 0 Å². The Morgan fingerprint density at radius 3 is 0.744 bits per heavy atom. The lowest BCUT2D eigenvalue weighted by Crippen LogP contribution is -2.09. The van der Waals surface area contributed by atoms with Gasteiger partial charge < -0.3 is 18.6 Å². The van der Waals surface area contributed by atoms with E-state index < -0.39 is 0 Å². The summed E-state index contributed by atoms with van der Waals surface area (Å²) in [5.74, 6) is 0. The summed E-state index contributed by atoms with van der Waals surface area (Å²) in [5, 5.41) is 7.56. The molecule has 0 unspecified atom stereocenters. The van der Waals surface area contributed by atoms with Gasteiger partial charge in [-0.05, 0) is 160 Å². The number of hydrogen-bond acceptors (Lipinski definition) is 1. The number of anilines is 3. The molecule has 0 aliphatic heterocycles. The van der Waals surface area contributed by atoms with Crippen LogP contribution in [0, 0.1) is 0 Å². The molecule has 0 bridgehead atoms. The molecular weight excluding hydrogens is 993 g/mol. The van der Waals surface area contributed by atoms with Crippen molar-refractivity contribution in [3.05, 3.63) is 315 Å². The Hall–Kier alpha value is -10.9. The molecular formula is C78H52N4. The van der Waals surface area contributed by atoms with E-state index >= 15 is 0 Å². The number of hydrogen-bond donors (Lipinski definition) is 0. The summed E-state index contributed by atoms with van der Waals surface area (Å²) in [6.45, 7) is 0. The van der Waals surface area contributed by atoms with Crippen LogP contribution in [-0.2, 0) is 0 Å². The van der Waals surface area contributed by atoms with Crippen molar-refractivity contribution in [1.82, 2.24) is 13.7 Å². The first-order valence-electron chi connectivity index (χ1n) is 28.1. The van der Waals surface area contributed by atoms with Gasteiger partial charge in [0.25, 0.3) is 0 Å². The number of nitrogens with zero attached hydrogens (tertiary/aromatic N) is 4. The second kappa shape index (κ2) is 19.5. The third-order valence-corrected chi connectivity index (χ3v) is 16.7. The molecule has 16 rings (SSSR count). The largest absolute Gasteiger partial charge is 0.311 e. The van der Waals surface area contributed by atoms with Gasteiger partial charge in [0.1, 0.15) is 0 Å². The van der Waals surface area contributed by atoms with Crippen molar-refractivity contribution >= 4 is 82.5 Å². The normalized spacial score (nSPS) is 11.7. The summed E-state index contributed by atoms with van der Waals surface area (Å²) in [4.78, 5) is 2.36. The molecule has 0 spiro atoms. The minimum Gasteiger partial charge on any atom is -0.311 e. The number of fused-ring (bicyclic) bond motifs is 9. The zero-order chi connectivity index (χ0) is 54.1. The molecule has 0 saturated heterocycles. The molecule has 0 fully saturated rings. The third kappa shape index (κ3) is 7.91. The molecule has 0 aliphatic carbocycles. The van der Waals surface area contributed by atoms with Gasteiger partial charge in [0, 0.05) is 66.4 Å². The number of rotatable bonds is 10. The van der Waals surface area contributed by atoms with Gasteiger partial charge in [0.15, 0.2) is 0 Å². The first-order valence-corrected chi connectivity index (χ1v) is 28.1. The highest BCUT2D eigenvalue weighted by atomic mass is 15.1. The number of aromatic nitrogens is 3. The summed E-state index contributed by atoms with van der Waals surface area (Å²) in [6, 6.07) is 115. The monoisotopic (exact) mass is 1040 g/mol. The van der Waals surface area contributed by atoms with Crippen molar-refractivity contribution in [3.8, 4) is 61.6 Å². The van der Waals surface area contributed by atoms with E-state index in [1.165, 1.54) is 98.9 Å². The fourth-order valence-electron chi connectivity index (χ4n) is 12.7. The van der Waals surface area contributed by atoms with E-state index in [0.717, 1.165) is 45.1 Å². The highest BCUT2D eigenvalue weighted by Crippen LogP contribution is 2.41. The first kappa shape index (κ1) is 47.1. The van der Waals surface area contributed by atoms with Crippen LogP contribution in [0.3, 0.4) is 0 Å². The van der Waals surface area contributed by atoms with Crippen LogP contribution in [0.5, 0.6) is 0 Å². The molecule has 384 valence electrons. The molecule has 3 heterocycles. The highest BCUT2D eigenvalue weighted by molar-refractivity contribution is 6.12. The molecule has 0 aliphatic rings. The maximum atomic E-state index is 2.37. The third-order valence-electron chi connectivity index (χ3n) is 16.7. The second-order valence-corrected chi connectivity index (χ2v) is 21.3. The summed E-state index contributed by atoms with van der Waals surface area (Å²) in [7, 11) is 0. The predicted octanol–water partition coefficient (Wildman–Crippen LogP) is 21.1. The lowest BCUT2D eigenvalue weighted by atomic mass is 9.98. The molecule has 0 N–H and O–H groups in total. The molecule has 0 radical (unpaired) electrons. The van der Waals surface area contributed by atoms with Gasteiger partial charge >= 0.3 is 0 Å². The summed E-state index contributed by atoms with van der Waals surface area (Å²) in [5.41, 5.74) is 23.3. The van der Waals surface area contributed by atoms with Crippen molar-refractivity contribution in [1.29, 1.82) is 0 Å². The lowest BCUT2D eigenvalue weighted by molar-refractivity contribution is 1.18. The zero-order valence-corrected chi connectivity index (χ0v) is 44.8. The molecule has 16 aromatic rings. The summed E-state index contributed by atoms with van der Waals surface area (Å²) in [6.07, 6.45) is 0. The quantitative estimate of drug-likeness (QED) is 0.133. The zero-order valence-electron chi connectivity index (χ0n) is 44.8. The lowest BCUT2D eigenvalue weighted by Gasteiger charge is -2.26. The first-order chi connectivity index (χ1) is 40.7. The van der Waals surface area contributed by atoms with Crippen LogP contribution in [-0.4, -0.2) is 13.7 Å². The Kier molecular flexibility index (Phi) is 11.2. The van der Waals surface area contributed by atoms with Gasteiger partial charge in [-0.1, -0.05) is 200 Å². The average Bonchev–Trinajstić information content (AvgIpc) is 4.41. The van der Waals surface area contributed by atoms with Gasteiger partial charge in [0.05, 0.1) is 33.1 Å². The number of para-hydroxylation sites is 6. The van der Waals surface area contributed by atoms with Gasteiger partial charge in [-0.3, -0.25) is 0 Å². The molecule has 0 atom stereocenters. The standard InChI is InChI=1S/C78H52N4/c1-2-14-61(15-3-1)80-77-25-13-8-20-71(77)72-52-60(40-51-78(72)80)59-28-26-53(27-29-59)54-30-41-62(42-31-54)79(63-43-32-55(33-44-63)57-36-47-65(48-37-57)81-73-21-9-4-16-67(73)68-17-5-10-22-74(68)81)64-45-34-56(35-46-64)58-38-49-66(50-39-58)82-75-23-11-6-18-69(75)70-19-7-12-24-76(70)82/h1-52H. The molecule has 0 amide bonds. The minimum absolute atomic E-state index is 1.08. The van der Waals surface area contributed by atoms with Gasteiger partial charge in [-0.2, -0.15) is 0 Å². The smallest absolute Gasteiger partial charge is 0.0541 e. The minimum atomic E-state index is 1.08. The summed E-state index contributed by atoms with van der Waals surface area (Å²) >= 11 is 0. The predicted molar refractivity (Wildman–Crippen MR) is 346 cm³/mol. The van der Waals surface area contributed by atoms with Crippen molar-refractivity contribution in [2.24, 2.45) is 0 Å². The maximum Gasteiger partial charge on any atom is 0.0541 e. The summed E-state index contributed by atoms with van der Waals surface area (Å²) < 4.78 is 7.11. The van der Waals surface area contributed by atoms with Crippen LogP contribution in [0.25, 0.3) is 127 Å². The van der Waals surface area contributed by atoms with E-state index in [9.17, 15) is 0 Å². The maximum absolute atomic E-state index is 2.37. The fourth-order valence-corrected chi connectivity index (χ4v) is 12.7. The molecule has 3 aromatic heterocycles. The Labute approximate surface area is 475 Å². The molecule has 4 nitrogen and oxygen atoms in total. The van der Waals surface area contributed by atoms with Gasteiger partial charge in [-0.15, -0.1) is 0 Å². The van der Waals surface area contributed by atoms with Crippen LogP contribution < -0.4 is 4.90 Å². The van der Waals surface area contributed by atoms with Crippen molar-refractivity contribution in [2.75, 3.05) is 4.90 Å². The molecule has 82 heavy (non-hydrogen) atoms. The van der Waals surface area contributed by atoms with Gasteiger partial charge in [0.2, 0.25) is 0 Å². The Balaban J connectivity index is 0.713. The van der Waals surface area contributed by atoms with E-state index in [2.05, 4.69) is 334 Å². The molecule has 13 aromatic carbocycles. The van der Waals surface area contributed by atoms with Crippen molar-refractivity contribution in [3.63, 3.8) is 0 Å². The van der Waals surface area contributed by atoms with Crippen molar-refractivity contribution in [2.45, 2.75) is 0 Å². The fraction of sp³-hybridized carbons (Fsp3) is 0. The number of benzene rings is 13. The topological polar surface area (TPSA) is 18.0 Å². The van der Waals surface area contributed by atoms with E-state index in [1.807, 2.05) is 0 Å². The Morgan fingerprint density at radius 2 is 0.402 bits per heavy atom. The van der Waals surface area contributed by atoms with Gasteiger partial charge in [-0.25, -0.2) is 0 Å². The van der Waals surface area contributed by atoms with E-state index in [4.69, 9.17) is 0 Å². The SMILES string of the molecule is c1ccc(-n2c3ccccc3c3cc(-c4ccc(-c5ccc(N(c6ccc(-c7ccc(-n8c9ccccc9c9ccccc98)cc7)cc6)c6ccc(-c7ccc(-n8c9ccccc9c9ccccc98)cc7)cc6)cc5)cc4)ccc32)cc1. The molecule has 0 saturated carbocycles. The average molecular weight is 1050 g/mol. The van der Waals surface area contributed by atoms with Crippen LogP contribution >= 0.6 is 0 Å². The van der Waals surface area contributed by atoms with Crippen LogP contribution in [0.2, 0.25) is 0 Å². The van der Waals surface area contributed by atoms with Crippen LogP contribution in [0.1, 0.15) is 0 Å². The van der Waals surface area contributed by atoms with Crippen LogP contribution in [0.4, 0.5) is 17.1 Å². The second-order valence-electron chi connectivity index (χ2n) is 21.3. The Morgan fingerprint density at radius 1 is 0.171 bits per heavy atom.